The molecule has 0 saturated heterocycles. The average Bonchev–Trinajstić information content (AvgIpc) is 2.22. The predicted octanol–water partition coefficient (Wildman–Crippen LogP) is 0.585. The molecule has 0 aromatic carbocycles. The quantitative estimate of drug-likeness (QED) is 0.622. The molecule has 4 N–H and O–H groups in total. The molecule has 0 radical (unpaired) electrons. The van der Waals surface area contributed by atoms with Crippen molar-refractivity contribution in [3.63, 3.8) is 0 Å². The first-order chi connectivity index (χ1) is 7.31. The van der Waals surface area contributed by atoms with Crippen LogP contribution in [0, 0.1) is 11.8 Å². The minimum atomic E-state index is -1.03. The van der Waals surface area contributed by atoms with E-state index in [1.54, 1.807) is 13.8 Å². The molecule has 0 aliphatic carbocycles. The molecule has 0 aliphatic heterocycles. The molecular weight excluding hydrogens is 208 g/mol. The maximum atomic E-state index is 11.7. The summed E-state index contributed by atoms with van der Waals surface area (Å²) in [6.07, 6.45) is 0.786. The van der Waals surface area contributed by atoms with Gasteiger partial charge in [0.05, 0.1) is 6.04 Å². The first-order valence-electron chi connectivity index (χ1n) is 5.60. The molecule has 5 nitrogen and oxygen atoms in total. The lowest BCUT2D eigenvalue weighted by molar-refractivity contribution is -0.143. The van der Waals surface area contributed by atoms with E-state index < -0.39 is 24.0 Å². The first-order valence-corrected chi connectivity index (χ1v) is 5.60. The van der Waals surface area contributed by atoms with Gasteiger partial charge in [0.15, 0.2) is 0 Å². The third-order valence-electron chi connectivity index (χ3n) is 2.79. The van der Waals surface area contributed by atoms with Gasteiger partial charge in [0.25, 0.3) is 0 Å². The Morgan fingerprint density at radius 2 is 1.81 bits per heavy atom. The average molecular weight is 230 g/mol. The second kappa shape index (κ2) is 6.48. The van der Waals surface area contributed by atoms with Crippen molar-refractivity contribution in [1.82, 2.24) is 5.32 Å². The molecule has 0 unspecified atom stereocenters. The molecule has 1 amide bonds. The van der Waals surface area contributed by atoms with Crippen molar-refractivity contribution < 1.29 is 14.7 Å². The normalized spacial score (nSPS) is 16.6. The number of nitrogens with two attached hydrogens (primary N) is 1. The molecule has 5 heteroatoms. The standard InChI is InChI=1S/C11H22N2O3/c1-5-7(4)8(12)10(14)13-9(6(2)3)11(15)16/h6-9H,5,12H2,1-4H3,(H,13,14)(H,15,16)/t7-,8+,9-/m0/s1. The van der Waals surface area contributed by atoms with E-state index in [4.69, 9.17) is 10.8 Å². The van der Waals surface area contributed by atoms with Gasteiger partial charge in [0.2, 0.25) is 5.91 Å². The zero-order chi connectivity index (χ0) is 12.9. The zero-order valence-electron chi connectivity index (χ0n) is 10.4. The number of hydrogen-bond donors (Lipinski definition) is 3. The van der Waals surface area contributed by atoms with Gasteiger partial charge in [-0.3, -0.25) is 4.79 Å². The van der Waals surface area contributed by atoms with Gasteiger partial charge in [0, 0.05) is 0 Å². The van der Waals surface area contributed by atoms with Crippen LogP contribution in [0.5, 0.6) is 0 Å². The number of carboxylic acids is 1. The molecule has 0 bridgehead atoms. The Bertz CT molecular complexity index is 254. The summed E-state index contributed by atoms with van der Waals surface area (Å²) < 4.78 is 0. The number of carboxylic acid groups (broad SMARTS) is 1. The van der Waals surface area contributed by atoms with Crippen LogP contribution < -0.4 is 11.1 Å². The van der Waals surface area contributed by atoms with E-state index in [9.17, 15) is 9.59 Å². The Morgan fingerprint density at radius 3 is 2.12 bits per heavy atom. The van der Waals surface area contributed by atoms with Crippen molar-refractivity contribution in [3.8, 4) is 0 Å². The van der Waals surface area contributed by atoms with Gasteiger partial charge in [-0.2, -0.15) is 0 Å². The SMILES string of the molecule is CC[C@H](C)[C@@H](N)C(=O)N[C@H](C(=O)O)C(C)C. The fourth-order valence-corrected chi connectivity index (χ4v) is 1.28. The molecule has 0 spiro atoms. The number of rotatable bonds is 6. The van der Waals surface area contributed by atoms with Crippen molar-refractivity contribution in [2.75, 3.05) is 0 Å². The molecule has 0 aromatic heterocycles. The van der Waals surface area contributed by atoms with Crippen LogP contribution in [0.15, 0.2) is 0 Å². The monoisotopic (exact) mass is 230 g/mol. The maximum Gasteiger partial charge on any atom is 0.326 e. The number of hydrogen-bond acceptors (Lipinski definition) is 3. The van der Waals surface area contributed by atoms with Crippen LogP contribution in [0.4, 0.5) is 0 Å². The summed E-state index contributed by atoms with van der Waals surface area (Å²) in [6, 6.07) is -1.52. The number of carbonyl (C=O) groups is 2. The highest BCUT2D eigenvalue weighted by molar-refractivity contribution is 5.87. The topological polar surface area (TPSA) is 92.4 Å². The molecule has 0 aromatic rings. The van der Waals surface area contributed by atoms with Crippen LogP contribution in [-0.4, -0.2) is 29.1 Å². The molecule has 0 aliphatic rings. The van der Waals surface area contributed by atoms with E-state index in [1.807, 2.05) is 13.8 Å². The minimum Gasteiger partial charge on any atom is -0.480 e. The Morgan fingerprint density at radius 1 is 1.31 bits per heavy atom. The lowest BCUT2D eigenvalue weighted by Crippen LogP contribution is -2.52. The molecule has 0 saturated carbocycles. The fourth-order valence-electron chi connectivity index (χ4n) is 1.28. The highest BCUT2D eigenvalue weighted by Crippen LogP contribution is 2.07. The Kier molecular flexibility index (Phi) is 6.03. The van der Waals surface area contributed by atoms with Gasteiger partial charge in [-0.15, -0.1) is 0 Å². The van der Waals surface area contributed by atoms with Gasteiger partial charge >= 0.3 is 5.97 Å². The Labute approximate surface area is 96.4 Å². The van der Waals surface area contributed by atoms with E-state index in [1.165, 1.54) is 0 Å². The molecule has 94 valence electrons. The zero-order valence-corrected chi connectivity index (χ0v) is 10.4. The Balaban J connectivity index is 4.46. The smallest absolute Gasteiger partial charge is 0.326 e. The highest BCUT2D eigenvalue weighted by atomic mass is 16.4. The fraction of sp³-hybridized carbons (Fsp3) is 0.818. The summed E-state index contributed by atoms with van der Waals surface area (Å²) in [5.74, 6) is -1.54. The van der Waals surface area contributed by atoms with Crippen molar-refractivity contribution in [2.24, 2.45) is 17.6 Å². The van der Waals surface area contributed by atoms with E-state index in [0.717, 1.165) is 6.42 Å². The molecule has 16 heavy (non-hydrogen) atoms. The van der Waals surface area contributed by atoms with Gasteiger partial charge in [0.1, 0.15) is 6.04 Å². The van der Waals surface area contributed by atoms with Crippen molar-refractivity contribution in [1.29, 1.82) is 0 Å². The van der Waals surface area contributed by atoms with Crippen LogP contribution in [0.1, 0.15) is 34.1 Å². The van der Waals surface area contributed by atoms with Crippen LogP contribution >= 0.6 is 0 Å². The Hall–Kier alpha value is -1.10. The molecule has 3 atom stereocenters. The number of carbonyl (C=O) groups excluding carboxylic acids is 1. The summed E-state index contributed by atoms with van der Waals surface area (Å²) in [5.41, 5.74) is 5.71. The van der Waals surface area contributed by atoms with Gasteiger partial charge in [-0.05, 0) is 11.8 Å². The highest BCUT2D eigenvalue weighted by Gasteiger charge is 2.27. The van der Waals surface area contributed by atoms with E-state index in [2.05, 4.69) is 5.32 Å². The summed E-state index contributed by atoms with van der Waals surface area (Å²) in [6.45, 7) is 7.30. The summed E-state index contributed by atoms with van der Waals surface area (Å²) in [4.78, 5) is 22.5. The van der Waals surface area contributed by atoms with Gasteiger partial charge < -0.3 is 16.2 Å². The van der Waals surface area contributed by atoms with Crippen molar-refractivity contribution in [2.45, 2.75) is 46.2 Å². The lowest BCUT2D eigenvalue weighted by Gasteiger charge is -2.23. The van der Waals surface area contributed by atoms with Crippen molar-refractivity contribution >= 4 is 11.9 Å². The largest absolute Gasteiger partial charge is 0.480 e. The minimum absolute atomic E-state index is 0.0432. The lowest BCUT2D eigenvalue weighted by atomic mass is 9.98. The van der Waals surface area contributed by atoms with Crippen LogP contribution in [0.3, 0.4) is 0 Å². The summed E-state index contributed by atoms with van der Waals surface area (Å²) in [7, 11) is 0. The second-order valence-corrected chi connectivity index (χ2v) is 4.48. The van der Waals surface area contributed by atoms with Gasteiger partial charge in [-0.25, -0.2) is 4.79 Å². The summed E-state index contributed by atoms with van der Waals surface area (Å²) in [5, 5.41) is 11.4. The number of amides is 1. The van der Waals surface area contributed by atoms with E-state index >= 15 is 0 Å². The maximum absolute atomic E-state index is 11.7. The van der Waals surface area contributed by atoms with Crippen molar-refractivity contribution in [3.05, 3.63) is 0 Å². The molecule has 0 heterocycles. The second-order valence-electron chi connectivity index (χ2n) is 4.48. The number of aliphatic carboxylic acids is 1. The molecule has 0 rings (SSSR count). The molecule has 0 fully saturated rings. The first kappa shape index (κ1) is 14.9. The summed E-state index contributed by atoms with van der Waals surface area (Å²) >= 11 is 0. The number of nitrogens with one attached hydrogen (secondary N) is 1. The third-order valence-corrected chi connectivity index (χ3v) is 2.79. The van der Waals surface area contributed by atoms with Gasteiger partial charge in [-0.1, -0.05) is 34.1 Å². The van der Waals surface area contributed by atoms with Crippen LogP contribution in [-0.2, 0) is 9.59 Å². The third kappa shape index (κ3) is 4.18. The van der Waals surface area contributed by atoms with Crippen LogP contribution in [0.2, 0.25) is 0 Å². The molecular formula is C11H22N2O3. The van der Waals surface area contributed by atoms with Crippen LogP contribution in [0.25, 0.3) is 0 Å². The predicted molar refractivity (Wildman–Crippen MR) is 61.8 cm³/mol. The van der Waals surface area contributed by atoms with E-state index in [0.29, 0.717) is 0 Å². The van der Waals surface area contributed by atoms with E-state index in [-0.39, 0.29) is 11.8 Å².